The molecule has 3 aromatic heterocycles. The zero-order chi connectivity index (χ0) is 46.4. The minimum atomic E-state index is -6.60. The Morgan fingerprint density at radius 3 is 1.12 bits per heavy atom. The molecule has 3 rings (SSSR count). The number of aryl methyl sites for hydroxylation is 5. The van der Waals surface area contributed by atoms with Crippen molar-refractivity contribution in [1.82, 2.24) is 22.0 Å². The second kappa shape index (κ2) is 25.5. The number of nitrogens with one attached hydrogen (secondary N) is 2. The second-order valence-corrected chi connectivity index (χ2v) is 17.8. The quantitative estimate of drug-likeness (QED) is 0.139. The van der Waals surface area contributed by atoms with Gasteiger partial charge in [-0.3, -0.25) is 0 Å². The summed E-state index contributed by atoms with van der Waals surface area (Å²) in [6, 6.07) is 6.21. The lowest BCUT2D eigenvalue weighted by molar-refractivity contribution is -0.138. The van der Waals surface area contributed by atoms with Crippen molar-refractivity contribution in [3.05, 3.63) is 84.7 Å². The molecule has 0 unspecified atom stereocenters. The molecule has 352 valence electrons. The van der Waals surface area contributed by atoms with Crippen molar-refractivity contribution in [2.24, 2.45) is 7.05 Å². The van der Waals surface area contributed by atoms with Gasteiger partial charge in [-0.25, -0.2) is 38.5 Å². The van der Waals surface area contributed by atoms with Crippen molar-refractivity contribution in [2.75, 3.05) is 6.61 Å². The number of aromatic nitrogens is 3. The number of nitrogens with zero attached hydrogens (tertiary/aromatic N) is 3. The zero-order valence-electron chi connectivity index (χ0n) is 31.0. The summed E-state index contributed by atoms with van der Waals surface area (Å²) in [4.78, 5) is 10.7. The van der Waals surface area contributed by atoms with Crippen molar-refractivity contribution in [1.29, 1.82) is 0 Å². The average Bonchev–Trinajstić information content (AvgIpc) is 3.75. The minimum absolute atomic E-state index is 0. The predicted octanol–water partition coefficient (Wildman–Crippen LogP) is 2.85. The van der Waals surface area contributed by atoms with E-state index in [-0.39, 0.29) is 53.9 Å². The molecular formula is C27H36F12I2N5O10S4-. The van der Waals surface area contributed by atoms with Gasteiger partial charge in [-0.15, -0.1) is 24.0 Å². The summed E-state index contributed by atoms with van der Waals surface area (Å²) in [5, 5.41) is 0. The highest BCUT2D eigenvalue weighted by Gasteiger charge is 2.56. The third-order valence-electron chi connectivity index (χ3n) is 5.56. The maximum Gasteiger partial charge on any atom is 0.512 e. The first-order valence-electron chi connectivity index (χ1n) is 14.7. The van der Waals surface area contributed by atoms with Crippen LogP contribution in [0.5, 0.6) is 0 Å². The Morgan fingerprint density at radius 1 is 0.633 bits per heavy atom. The van der Waals surface area contributed by atoms with Gasteiger partial charge < -0.3 is 42.4 Å². The first kappa shape index (κ1) is 64.0. The van der Waals surface area contributed by atoms with Crippen molar-refractivity contribution in [2.45, 2.75) is 62.8 Å². The molecule has 0 saturated heterocycles. The number of rotatable bonds is 9. The van der Waals surface area contributed by atoms with Crippen LogP contribution in [0.25, 0.3) is 0 Å². The Morgan fingerprint density at radius 2 is 0.933 bits per heavy atom. The molecule has 3 heterocycles. The van der Waals surface area contributed by atoms with Crippen LogP contribution in [0, 0.1) is 20.8 Å². The smallest absolute Gasteiger partial charge is 0.512 e. The largest absolute Gasteiger partial charge is 1.00 e. The summed E-state index contributed by atoms with van der Waals surface area (Å²) in [7, 11) is -24.4. The zero-order valence-corrected chi connectivity index (χ0v) is 38.7. The maximum atomic E-state index is 11.5. The number of alkyl halides is 12. The van der Waals surface area contributed by atoms with E-state index in [1.165, 1.54) is 22.8 Å². The van der Waals surface area contributed by atoms with Crippen LogP contribution >= 0.6 is 24.0 Å². The van der Waals surface area contributed by atoms with Gasteiger partial charge in [-0.1, -0.05) is 14.8 Å². The van der Waals surface area contributed by atoms with Crippen LogP contribution in [0.2, 0.25) is 0 Å². The molecule has 0 aliphatic carbocycles. The Balaban J connectivity index is -0.000000332. The van der Waals surface area contributed by atoms with Gasteiger partial charge in [0.1, 0.15) is 6.61 Å². The van der Waals surface area contributed by atoms with Gasteiger partial charge in [0, 0.05) is 56.8 Å². The molecule has 0 spiro atoms. The van der Waals surface area contributed by atoms with Gasteiger partial charge in [-0.05, 0) is 62.6 Å². The number of hydrogen-bond acceptors (Lipinski definition) is 10. The molecule has 60 heavy (non-hydrogen) atoms. The second-order valence-electron chi connectivity index (χ2n) is 10.6. The highest BCUT2D eigenvalue weighted by Crippen LogP contribution is 2.28. The molecule has 0 aliphatic rings. The highest BCUT2D eigenvalue weighted by atomic mass is 127. The van der Waals surface area contributed by atoms with E-state index in [0.29, 0.717) is 13.2 Å². The van der Waals surface area contributed by atoms with Crippen molar-refractivity contribution >= 4 is 70.0 Å². The number of ether oxygens (including phenoxy) is 1. The standard InChI is InChI=1S/C10H13NO2.C7H11N.C6H9N.2C2HF6NO4S2.2HI/c1-3-10(12)13-7-6-11-5-4-9(2)8-11;1-3-8-5-4-7(2)6-8;1-6-3-4-7(2)5-6;2*3-1(4,5)14(10,11)9-15(12,13)2(6,7)8;;/h3-5,8H,1,6-7H2,2H3;4-6H,3H2,1-2H3;3-5H,1-2H3;2*9H;2*1H/p-1. The fourth-order valence-electron chi connectivity index (χ4n) is 2.89. The monoisotopic (exact) mass is 1200 g/mol. The molecule has 0 saturated carbocycles. The van der Waals surface area contributed by atoms with Crippen molar-refractivity contribution < 1.29 is 120 Å². The Kier molecular flexibility index (Phi) is 27.2. The van der Waals surface area contributed by atoms with E-state index < -0.39 is 70.4 Å². The lowest BCUT2D eigenvalue weighted by Crippen LogP contribution is -3.00. The van der Waals surface area contributed by atoms with E-state index in [1.807, 2.05) is 47.8 Å². The van der Waals surface area contributed by atoms with E-state index in [4.69, 9.17) is 4.74 Å². The molecule has 0 amide bonds. The highest BCUT2D eigenvalue weighted by molar-refractivity contribution is 14.0. The first-order chi connectivity index (χ1) is 25.7. The summed E-state index contributed by atoms with van der Waals surface area (Å²) in [6.45, 7) is 13.8. The number of hydrogen-bond donors (Lipinski definition) is 2. The van der Waals surface area contributed by atoms with E-state index in [0.717, 1.165) is 6.54 Å². The maximum absolute atomic E-state index is 11.5. The number of esters is 1. The molecule has 3 aromatic rings. The number of carbonyl (C=O) groups is 1. The summed E-state index contributed by atoms with van der Waals surface area (Å²) in [5.74, 6) is -0.371. The molecule has 0 aliphatic heterocycles. The van der Waals surface area contributed by atoms with Crippen molar-refractivity contribution in [3.63, 3.8) is 0 Å². The summed E-state index contributed by atoms with van der Waals surface area (Å²) < 4.78 is 228. The summed E-state index contributed by atoms with van der Waals surface area (Å²) >= 11 is 0. The number of carbonyl (C=O) groups excluding carboxylic acids is 1. The van der Waals surface area contributed by atoms with Crippen LogP contribution in [0.3, 0.4) is 0 Å². The van der Waals surface area contributed by atoms with Gasteiger partial charge in [0.2, 0.25) is 0 Å². The molecule has 15 nitrogen and oxygen atoms in total. The average molecular weight is 1200 g/mol. The summed E-state index contributed by atoms with van der Waals surface area (Å²) in [5.41, 5.74) is -20.7. The minimum Gasteiger partial charge on any atom is -1.00 e. The van der Waals surface area contributed by atoms with Crippen LogP contribution in [0.4, 0.5) is 52.7 Å². The summed E-state index contributed by atoms with van der Waals surface area (Å²) in [6.07, 6.45) is 13.5. The first-order valence-corrected chi connectivity index (χ1v) is 20.6. The topological polar surface area (TPSA) is 202 Å². The van der Waals surface area contributed by atoms with E-state index in [1.54, 1.807) is 0 Å². The van der Waals surface area contributed by atoms with Gasteiger partial charge in [0.15, 0.2) is 0 Å². The molecule has 0 radical (unpaired) electrons. The van der Waals surface area contributed by atoms with Gasteiger partial charge >= 0.3 is 68.1 Å². The Hall–Kier alpha value is -2.61. The molecule has 0 bridgehead atoms. The fourth-order valence-corrected chi connectivity index (χ4v) is 6.71. The SMILES string of the molecule is C=CC(=O)OCCn1ccc(C)c1.CCn1ccc(C)c1.Cc1ccn(C)c1.I.O=S(=O)(NS(=O)(=O)C(F)(F)F)C(F)(F)F.O=S(=O)(NS(=O)(=O)C(F)(F)F)C(F)(F)F.[I-]. The Bertz CT molecular complexity index is 2030. The third kappa shape index (κ3) is 24.1. The molecule has 33 heteroatoms. The van der Waals surface area contributed by atoms with Crippen molar-refractivity contribution in [3.8, 4) is 0 Å². The van der Waals surface area contributed by atoms with Crippen LogP contribution in [0.15, 0.2) is 68.0 Å². The molecule has 2 N–H and O–H groups in total. The molecule has 0 aromatic carbocycles. The fraction of sp³-hybridized carbons (Fsp3) is 0.444. The molecular weight excluding hydrogens is 1160 g/mol. The van der Waals surface area contributed by atoms with E-state index in [2.05, 4.69) is 62.6 Å². The predicted molar refractivity (Wildman–Crippen MR) is 197 cm³/mol. The number of halogens is 14. The van der Waals surface area contributed by atoms with E-state index >= 15 is 0 Å². The lowest BCUT2D eigenvalue weighted by atomic mass is 10.4. The molecule has 0 fully saturated rings. The van der Waals surface area contributed by atoms with Crippen LogP contribution < -0.4 is 32.2 Å². The number of sulfonamides is 4. The Labute approximate surface area is 370 Å². The van der Waals surface area contributed by atoms with Crippen LogP contribution in [-0.4, -0.2) is 82.0 Å². The van der Waals surface area contributed by atoms with Crippen LogP contribution in [-0.2, 0) is 69.8 Å². The van der Waals surface area contributed by atoms with Crippen LogP contribution in [0.1, 0.15) is 23.6 Å². The van der Waals surface area contributed by atoms with E-state index in [9.17, 15) is 91.2 Å². The lowest BCUT2D eigenvalue weighted by Gasteiger charge is -2.11. The van der Waals surface area contributed by atoms with Gasteiger partial charge in [0.25, 0.3) is 0 Å². The van der Waals surface area contributed by atoms with Gasteiger partial charge in [0.05, 0.1) is 6.54 Å². The normalized spacial score (nSPS) is 12.2. The third-order valence-corrected chi connectivity index (χ3v) is 11.5. The molecule has 0 atom stereocenters. The van der Waals surface area contributed by atoms with Gasteiger partial charge in [-0.2, -0.15) is 52.7 Å².